The van der Waals surface area contributed by atoms with Crippen LogP contribution in [0.3, 0.4) is 0 Å². The second-order valence-corrected chi connectivity index (χ2v) is 32.2. The highest BCUT2D eigenvalue weighted by molar-refractivity contribution is 8.15. The first-order valence-electron chi connectivity index (χ1n) is 23.6. The summed E-state index contributed by atoms with van der Waals surface area (Å²) in [6.45, 7) is 7.25. The number of pyridine rings is 1. The number of benzene rings is 7. The molecule has 0 saturated carbocycles. The lowest BCUT2D eigenvalue weighted by atomic mass is 10.1. The van der Waals surface area contributed by atoms with Gasteiger partial charge in [-0.05, 0) is 148 Å². The SMILES string of the molecule is COc1cc(C)ccc1S(=O)(=O)Cl.COc1ccc(S(=O)(=O)Cl)cc1.COc1cccc(S(=O)(=O)Cl)c1.Cc1cc(C)c(S(=O)(=O)Cl)c(C)c1.O=S(=O)(Cl)CCCS(=O)(=O)c1ccc(Oc2ccccc2)cc1.c1ccc2ncccc2c1. The number of ether oxygens (including phenoxy) is 4. The number of rotatable bonds is 14. The van der Waals surface area contributed by atoms with Crippen molar-refractivity contribution in [3.8, 4) is 28.7 Å². The fourth-order valence-corrected chi connectivity index (χ4v) is 13.4. The van der Waals surface area contributed by atoms with Crippen molar-refractivity contribution >= 4 is 119 Å². The largest absolute Gasteiger partial charge is 0.497 e. The van der Waals surface area contributed by atoms with Crippen LogP contribution in [-0.2, 0) is 55.1 Å². The van der Waals surface area contributed by atoms with Crippen molar-refractivity contribution in [1.82, 2.24) is 4.98 Å². The minimum Gasteiger partial charge on any atom is -0.497 e. The van der Waals surface area contributed by atoms with Crippen LogP contribution >= 0.6 is 53.4 Å². The van der Waals surface area contributed by atoms with Crippen LogP contribution in [0.25, 0.3) is 10.9 Å². The van der Waals surface area contributed by atoms with Crippen molar-refractivity contribution < 1.29 is 69.5 Å². The molecule has 0 atom stereocenters. The second-order valence-electron chi connectivity index (χ2n) is 17.0. The van der Waals surface area contributed by atoms with Gasteiger partial charge in [-0.2, -0.15) is 0 Å². The van der Waals surface area contributed by atoms with Crippen molar-refractivity contribution in [1.29, 1.82) is 0 Å². The molecule has 0 radical (unpaired) electrons. The highest BCUT2D eigenvalue weighted by Crippen LogP contribution is 2.29. The normalized spacial score (nSPS) is 11.4. The van der Waals surface area contributed by atoms with E-state index >= 15 is 0 Å². The molecule has 1 aromatic heterocycles. The molecular weight excluding hydrogens is 1300 g/mol. The molecule has 1 heterocycles. The summed E-state index contributed by atoms with van der Waals surface area (Å²) in [4.78, 5) is 4.65. The van der Waals surface area contributed by atoms with Crippen LogP contribution in [-0.4, -0.2) is 88.3 Å². The Morgan fingerprint density at radius 1 is 0.410 bits per heavy atom. The van der Waals surface area contributed by atoms with Crippen molar-refractivity contribution in [3.05, 3.63) is 198 Å². The lowest BCUT2D eigenvalue weighted by Gasteiger charge is -2.07. The number of hydrogen-bond donors (Lipinski definition) is 0. The van der Waals surface area contributed by atoms with E-state index in [4.69, 9.17) is 72.4 Å². The fourth-order valence-electron chi connectivity index (χ4n) is 6.91. The Kier molecular flexibility index (Phi) is 28.1. The molecule has 0 aliphatic heterocycles. The predicted octanol–water partition coefficient (Wildman–Crippen LogP) is 13.2. The van der Waals surface area contributed by atoms with Gasteiger partial charge in [0.25, 0.3) is 36.2 Å². The molecule has 0 bridgehead atoms. The van der Waals surface area contributed by atoms with Crippen LogP contribution in [0.15, 0.2) is 201 Å². The number of nitrogens with zero attached hydrogens (tertiary/aromatic N) is 1. The van der Waals surface area contributed by atoms with Gasteiger partial charge in [-0.25, -0.2) is 50.5 Å². The summed E-state index contributed by atoms with van der Waals surface area (Å²) >= 11 is 0. The van der Waals surface area contributed by atoms with Gasteiger partial charge in [0, 0.05) is 71.1 Å². The lowest BCUT2D eigenvalue weighted by Crippen LogP contribution is -2.10. The number of methoxy groups -OCH3 is 3. The summed E-state index contributed by atoms with van der Waals surface area (Å²) in [6, 6.07) is 47.3. The van der Waals surface area contributed by atoms with Gasteiger partial charge in [0.1, 0.15) is 33.6 Å². The molecule has 0 saturated heterocycles. The van der Waals surface area contributed by atoms with Crippen LogP contribution < -0.4 is 18.9 Å². The van der Waals surface area contributed by atoms with E-state index in [2.05, 4.69) is 17.1 Å². The summed E-state index contributed by atoms with van der Waals surface area (Å²) in [5, 5.41) is 1.20. The van der Waals surface area contributed by atoms with Gasteiger partial charge < -0.3 is 18.9 Å². The standard InChI is InChI=1S/C15H15ClO5S2.C9H11ClO2S.C9H7N.C8H9ClO3S.2C7H7ClO3S/c16-23(19,20)12-4-11-22(17,18)15-9-7-14(8-10-15)21-13-5-2-1-3-6-13;1-6-4-7(2)9(8(3)5-6)13(10,11)12;1-2-6-9-8(4-1)5-3-7-10-9;1-6-3-4-8(13(9,10)11)7(5-6)12-2;1-11-6-2-4-7(5-3-6)12(8,9)10;1-11-6-3-2-4-7(5-6)12(8,9)10/h1-3,5-10H,4,11-12H2;4-5H,1-3H3;1-7H;3-5H,1-2H3;2*2-5H,1H3. The zero-order chi connectivity index (χ0) is 62.4. The highest BCUT2D eigenvalue weighted by Gasteiger charge is 2.19. The molecule has 8 rings (SSSR count). The quantitative estimate of drug-likeness (QED) is 0.0917. The van der Waals surface area contributed by atoms with Crippen molar-refractivity contribution in [2.45, 2.75) is 58.6 Å². The van der Waals surface area contributed by atoms with Gasteiger partial charge in [0.2, 0.25) is 9.05 Å². The van der Waals surface area contributed by atoms with Gasteiger partial charge >= 0.3 is 0 Å². The third kappa shape index (κ3) is 26.0. The van der Waals surface area contributed by atoms with Crippen LogP contribution in [0.2, 0.25) is 0 Å². The van der Waals surface area contributed by atoms with E-state index in [1.165, 1.54) is 81.3 Å². The highest BCUT2D eigenvalue weighted by atomic mass is 35.7. The molecular formula is C55H56Cl5NO16S6. The topological polar surface area (TPSA) is 255 Å². The van der Waals surface area contributed by atoms with E-state index in [0.717, 1.165) is 16.6 Å². The Balaban J connectivity index is 0.000000268. The number of aromatic nitrogens is 1. The fraction of sp³-hybridized carbons (Fsp3) is 0.182. The molecule has 0 spiro atoms. The van der Waals surface area contributed by atoms with Gasteiger partial charge in [0.15, 0.2) is 9.84 Å². The summed E-state index contributed by atoms with van der Waals surface area (Å²) in [7, 11) is 8.29. The van der Waals surface area contributed by atoms with Crippen LogP contribution in [0.4, 0.5) is 0 Å². The van der Waals surface area contributed by atoms with Crippen molar-refractivity contribution in [2.75, 3.05) is 32.8 Å². The number of fused-ring (bicyclic) bond motifs is 1. The number of para-hydroxylation sites is 2. The maximum absolute atomic E-state index is 12.1. The van der Waals surface area contributed by atoms with E-state index < -0.39 is 55.1 Å². The predicted molar refractivity (Wildman–Crippen MR) is 328 cm³/mol. The lowest BCUT2D eigenvalue weighted by molar-refractivity contribution is 0.403. The molecule has 0 amide bonds. The number of sulfone groups is 1. The number of aryl methyl sites for hydroxylation is 4. The minimum absolute atomic E-state index is 0.00210. The zero-order valence-electron chi connectivity index (χ0n) is 45.2. The Hall–Kier alpha value is -5.70. The van der Waals surface area contributed by atoms with E-state index in [1.54, 1.807) is 62.4 Å². The Bertz CT molecular complexity index is 4040. The number of halogens is 5. The molecule has 0 aliphatic carbocycles. The second kappa shape index (κ2) is 32.5. The van der Waals surface area contributed by atoms with Gasteiger partial charge in [-0.15, -0.1) is 0 Å². The molecule has 28 heteroatoms. The minimum atomic E-state index is -3.72. The van der Waals surface area contributed by atoms with E-state index in [9.17, 15) is 50.5 Å². The third-order valence-corrected chi connectivity index (χ3v) is 19.3. The maximum Gasteiger partial charge on any atom is 0.264 e. The molecule has 0 aliphatic rings. The first kappa shape index (κ1) is 71.6. The molecule has 0 unspecified atom stereocenters. The van der Waals surface area contributed by atoms with E-state index in [0.29, 0.717) is 34.1 Å². The van der Waals surface area contributed by atoms with Crippen LogP contribution in [0, 0.1) is 27.7 Å². The third-order valence-electron chi connectivity index (χ3n) is 10.6. The molecule has 8 aromatic rings. The Morgan fingerprint density at radius 3 is 1.42 bits per heavy atom. The van der Waals surface area contributed by atoms with Crippen molar-refractivity contribution in [2.24, 2.45) is 0 Å². The molecule has 448 valence electrons. The van der Waals surface area contributed by atoms with Crippen molar-refractivity contribution in [3.63, 3.8) is 0 Å². The van der Waals surface area contributed by atoms with Gasteiger partial charge in [0.05, 0.1) is 57.9 Å². The maximum atomic E-state index is 12.1. The molecule has 7 aromatic carbocycles. The smallest absolute Gasteiger partial charge is 0.264 e. The molecule has 17 nitrogen and oxygen atoms in total. The first-order valence-corrected chi connectivity index (χ1v) is 37.0. The Labute approximate surface area is 508 Å². The zero-order valence-corrected chi connectivity index (χ0v) is 53.9. The first-order chi connectivity index (χ1) is 38.6. The molecule has 0 fully saturated rings. The van der Waals surface area contributed by atoms with Gasteiger partial charge in [-0.1, -0.05) is 72.3 Å². The summed E-state index contributed by atoms with van der Waals surface area (Å²) in [5.74, 6) is 1.85. The summed E-state index contributed by atoms with van der Waals surface area (Å²) in [6.07, 6.45) is 1.76. The average molecular weight is 1360 g/mol. The Morgan fingerprint density at radius 2 is 0.916 bits per heavy atom. The summed E-state index contributed by atoms with van der Waals surface area (Å²) in [5.41, 5.74) is 4.42. The monoisotopic (exact) mass is 1350 g/mol. The molecule has 0 N–H and O–H groups in total. The van der Waals surface area contributed by atoms with Crippen LogP contribution in [0.1, 0.15) is 28.7 Å². The van der Waals surface area contributed by atoms with E-state index in [1.807, 2.05) is 74.6 Å². The summed E-state index contributed by atoms with van der Waals surface area (Å²) < 4.78 is 153. The van der Waals surface area contributed by atoms with Crippen LogP contribution in [0.5, 0.6) is 28.7 Å². The van der Waals surface area contributed by atoms with Gasteiger partial charge in [-0.3, -0.25) is 4.98 Å². The number of hydrogen-bond acceptors (Lipinski definition) is 17. The van der Waals surface area contributed by atoms with E-state index in [-0.39, 0.29) is 48.2 Å². The average Bonchev–Trinajstić information content (AvgIpc) is 3.59. The molecule has 83 heavy (non-hydrogen) atoms.